The van der Waals surface area contributed by atoms with E-state index < -0.39 is 0 Å². The van der Waals surface area contributed by atoms with Crippen LogP contribution in [-0.4, -0.2) is 62.3 Å². The van der Waals surface area contributed by atoms with Crippen LogP contribution < -0.4 is 5.32 Å². The summed E-state index contributed by atoms with van der Waals surface area (Å²) >= 11 is 0. The van der Waals surface area contributed by atoms with Gasteiger partial charge in [0, 0.05) is 26.5 Å². The summed E-state index contributed by atoms with van der Waals surface area (Å²) in [4.78, 5) is 24.9. The standard InChI is InChI=1S/C13H22N2O4/c1-9(16)14-7-12(17)15-5-6-19-13-10(8-18-2)3-4-11(13)15/h10-11,13H,3-8H2,1-2H3,(H,14,16)/t10?,11-,13-/m0/s1. The Morgan fingerprint density at radius 2 is 2.21 bits per heavy atom. The third-order valence-electron chi connectivity index (χ3n) is 3.91. The fourth-order valence-corrected chi connectivity index (χ4v) is 3.06. The highest BCUT2D eigenvalue weighted by Crippen LogP contribution is 2.34. The van der Waals surface area contributed by atoms with Gasteiger partial charge in [0.05, 0.1) is 31.9 Å². The molecule has 0 bridgehead atoms. The number of carbonyl (C=O) groups is 2. The average Bonchev–Trinajstić information content (AvgIpc) is 2.80. The van der Waals surface area contributed by atoms with Gasteiger partial charge < -0.3 is 19.7 Å². The summed E-state index contributed by atoms with van der Waals surface area (Å²) < 4.78 is 11.0. The van der Waals surface area contributed by atoms with E-state index in [9.17, 15) is 9.59 Å². The van der Waals surface area contributed by atoms with Crippen molar-refractivity contribution in [1.29, 1.82) is 0 Å². The highest BCUT2D eigenvalue weighted by molar-refractivity contribution is 5.84. The summed E-state index contributed by atoms with van der Waals surface area (Å²) in [5.74, 6) is 0.166. The number of amides is 2. The molecular weight excluding hydrogens is 248 g/mol. The van der Waals surface area contributed by atoms with Gasteiger partial charge in [-0.1, -0.05) is 0 Å². The number of morpholine rings is 1. The third kappa shape index (κ3) is 3.25. The van der Waals surface area contributed by atoms with Crippen molar-refractivity contribution >= 4 is 11.8 Å². The van der Waals surface area contributed by atoms with Crippen molar-refractivity contribution in [3.8, 4) is 0 Å². The van der Waals surface area contributed by atoms with Crippen LogP contribution in [0.25, 0.3) is 0 Å². The van der Waals surface area contributed by atoms with Crippen molar-refractivity contribution in [2.75, 3.05) is 33.4 Å². The lowest BCUT2D eigenvalue weighted by Crippen LogP contribution is -2.55. The first-order chi connectivity index (χ1) is 9.13. The minimum absolute atomic E-state index is 0.0217. The van der Waals surface area contributed by atoms with Crippen LogP contribution in [-0.2, 0) is 19.1 Å². The molecule has 0 radical (unpaired) electrons. The maximum absolute atomic E-state index is 12.1. The number of hydrogen-bond acceptors (Lipinski definition) is 4. The van der Waals surface area contributed by atoms with Gasteiger partial charge >= 0.3 is 0 Å². The molecule has 1 unspecified atom stereocenters. The molecule has 0 spiro atoms. The Kier molecular flexibility index (Phi) is 4.76. The Bertz CT molecular complexity index is 348. The predicted molar refractivity (Wildman–Crippen MR) is 68.5 cm³/mol. The van der Waals surface area contributed by atoms with Gasteiger partial charge in [-0.15, -0.1) is 0 Å². The molecule has 1 aliphatic heterocycles. The second kappa shape index (κ2) is 6.34. The average molecular weight is 270 g/mol. The minimum Gasteiger partial charge on any atom is -0.384 e. The largest absolute Gasteiger partial charge is 0.384 e. The molecule has 1 saturated heterocycles. The summed E-state index contributed by atoms with van der Waals surface area (Å²) in [5.41, 5.74) is 0. The number of fused-ring (bicyclic) bond motifs is 1. The first-order valence-corrected chi connectivity index (χ1v) is 6.78. The number of nitrogens with zero attached hydrogens (tertiary/aromatic N) is 1. The third-order valence-corrected chi connectivity index (χ3v) is 3.91. The van der Waals surface area contributed by atoms with E-state index in [1.807, 2.05) is 4.90 Å². The Balaban J connectivity index is 1.95. The molecule has 2 fully saturated rings. The van der Waals surface area contributed by atoms with Gasteiger partial charge in [0.25, 0.3) is 0 Å². The number of rotatable bonds is 4. The lowest BCUT2D eigenvalue weighted by atomic mass is 10.0. The molecule has 19 heavy (non-hydrogen) atoms. The number of ether oxygens (including phenoxy) is 2. The Morgan fingerprint density at radius 1 is 1.42 bits per heavy atom. The van der Waals surface area contributed by atoms with Crippen LogP contribution in [0.1, 0.15) is 19.8 Å². The van der Waals surface area contributed by atoms with E-state index >= 15 is 0 Å². The van der Waals surface area contributed by atoms with E-state index in [0.717, 1.165) is 12.8 Å². The smallest absolute Gasteiger partial charge is 0.242 e. The molecule has 108 valence electrons. The quantitative estimate of drug-likeness (QED) is 0.766. The number of hydrogen-bond donors (Lipinski definition) is 1. The molecule has 0 aromatic rings. The van der Waals surface area contributed by atoms with Crippen molar-refractivity contribution in [3.63, 3.8) is 0 Å². The normalized spacial score (nSPS) is 30.0. The first-order valence-electron chi connectivity index (χ1n) is 6.78. The zero-order valence-corrected chi connectivity index (χ0v) is 11.6. The van der Waals surface area contributed by atoms with Gasteiger partial charge in [0.1, 0.15) is 0 Å². The Morgan fingerprint density at radius 3 is 2.89 bits per heavy atom. The second-order valence-corrected chi connectivity index (χ2v) is 5.19. The number of carbonyl (C=O) groups excluding carboxylic acids is 2. The van der Waals surface area contributed by atoms with Crippen LogP contribution in [0.15, 0.2) is 0 Å². The highest BCUT2D eigenvalue weighted by atomic mass is 16.5. The molecule has 0 aromatic carbocycles. The van der Waals surface area contributed by atoms with Crippen molar-refractivity contribution in [2.24, 2.45) is 5.92 Å². The molecule has 1 N–H and O–H groups in total. The Hall–Kier alpha value is -1.14. The van der Waals surface area contributed by atoms with E-state index in [0.29, 0.717) is 25.7 Å². The molecule has 2 amide bonds. The maximum atomic E-state index is 12.1. The molecule has 1 saturated carbocycles. The van der Waals surface area contributed by atoms with Crippen LogP contribution in [0.3, 0.4) is 0 Å². The van der Waals surface area contributed by atoms with Crippen molar-refractivity contribution < 1.29 is 19.1 Å². The van der Waals surface area contributed by atoms with Gasteiger partial charge in [0.2, 0.25) is 11.8 Å². The first kappa shape index (κ1) is 14.3. The van der Waals surface area contributed by atoms with Crippen LogP contribution in [0.5, 0.6) is 0 Å². The van der Waals surface area contributed by atoms with Crippen LogP contribution in [0, 0.1) is 5.92 Å². The summed E-state index contributed by atoms with van der Waals surface area (Å²) in [6, 6.07) is 0.134. The fourth-order valence-electron chi connectivity index (χ4n) is 3.06. The van der Waals surface area contributed by atoms with E-state index in [4.69, 9.17) is 9.47 Å². The van der Waals surface area contributed by atoms with Crippen LogP contribution in [0.2, 0.25) is 0 Å². The van der Waals surface area contributed by atoms with E-state index in [-0.39, 0.29) is 30.5 Å². The number of methoxy groups -OCH3 is 1. The highest BCUT2D eigenvalue weighted by Gasteiger charge is 2.44. The Labute approximate surface area is 113 Å². The minimum atomic E-state index is -0.179. The van der Waals surface area contributed by atoms with Crippen molar-refractivity contribution in [2.45, 2.75) is 31.9 Å². The van der Waals surface area contributed by atoms with Crippen molar-refractivity contribution in [1.82, 2.24) is 10.2 Å². The molecule has 3 atom stereocenters. The summed E-state index contributed by atoms with van der Waals surface area (Å²) in [6.07, 6.45) is 2.05. The van der Waals surface area contributed by atoms with E-state index in [1.54, 1.807) is 7.11 Å². The SMILES string of the molecule is COCC1CC[C@H]2[C@H]1OCCN2C(=O)CNC(C)=O. The molecular formula is C13H22N2O4. The van der Waals surface area contributed by atoms with Crippen LogP contribution in [0.4, 0.5) is 0 Å². The molecule has 0 aromatic heterocycles. The second-order valence-electron chi connectivity index (χ2n) is 5.19. The zero-order valence-electron chi connectivity index (χ0n) is 11.6. The number of nitrogens with one attached hydrogen (secondary N) is 1. The molecule has 1 heterocycles. The predicted octanol–water partition coefficient (Wildman–Crippen LogP) is -0.225. The van der Waals surface area contributed by atoms with Gasteiger partial charge in [-0.25, -0.2) is 0 Å². The van der Waals surface area contributed by atoms with E-state index in [2.05, 4.69) is 5.32 Å². The molecule has 2 rings (SSSR count). The maximum Gasteiger partial charge on any atom is 0.242 e. The van der Waals surface area contributed by atoms with E-state index in [1.165, 1.54) is 6.92 Å². The van der Waals surface area contributed by atoms with Crippen LogP contribution >= 0.6 is 0 Å². The lowest BCUT2D eigenvalue weighted by molar-refractivity contribution is -0.146. The van der Waals surface area contributed by atoms with Gasteiger partial charge in [-0.05, 0) is 12.8 Å². The monoisotopic (exact) mass is 270 g/mol. The van der Waals surface area contributed by atoms with Gasteiger partial charge in [-0.3, -0.25) is 9.59 Å². The van der Waals surface area contributed by atoms with Crippen molar-refractivity contribution in [3.05, 3.63) is 0 Å². The summed E-state index contributed by atoms with van der Waals surface area (Å²) in [5, 5.41) is 2.56. The topological polar surface area (TPSA) is 67.9 Å². The molecule has 6 heteroatoms. The van der Waals surface area contributed by atoms with Gasteiger partial charge in [0.15, 0.2) is 0 Å². The summed E-state index contributed by atoms with van der Waals surface area (Å²) in [7, 11) is 1.69. The molecule has 6 nitrogen and oxygen atoms in total. The lowest BCUT2D eigenvalue weighted by Gasteiger charge is -2.39. The molecule has 2 aliphatic rings. The fraction of sp³-hybridized carbons (Fsp3) is 0.846. The van der Waals surface area contributed by atoms with Gasteiger partial charge in [-0.2, -0.15) is 0 Å². The molecule has 1 aliphatic carbocycles. The summed E-state index contributed by atoms with van der Waals surface area (Å²) in [6.45, 7) is 3.34. The zero-order chi connectivity index (χ0) is 13.8.